The average molecular weight is 396 g/mol. The van der Waals surface area contributed by atoms with Crippen LogP contribution in [0.15, 0.2) is 36.7 Å². The number of thiophene rings is 1. The summed E-state index contributed by atoms with van der Waals surface area (Å²) in [4.78, 5) is 14.9. The van der Waals surface area contributed by atoms with Gasteiger partial charge in [0.05, 0.1) is 5.52 Å². The minimum Gasteiger partial charge on any atom is -0.485 e. The van der Waals surface area contributed by atoms with E-state index >= 15 is 0 Å². The lowest BCUT2D eigenvalue weighted by Gasteiger charge is -2.02. The lowest BCUT2D eigenvalue weighted by molar-refractivity contribution is 0.296. The Hall–Kier alpha value is -2.77. The Kier molecular flexibility index (Phi) is 3.73. The van der Waals surface area contributed by atoms with Gasteiger partial charge in [0.1, 0.15) is 28.2 Å². The van der Waals surface area contributed by atoms with Gasteiger partial charge in [0.2, 0.25) is 0 Å². The van der Waals surface area contributed by atoms with Crippen molar-refractivity contribution in [3.8, 4) is 5.75 Å². The molecule has 5 rings (SSSR count). The SMILES string of the molecule is Cc1cc(C)c2c(n1)sc1c2ncn2nc(COc3cccc(Cl)c3)nc12. The number of aryl methyl sites for hydroxylation is 2. The third-order valence-corrected chi connectivity index (χ3v) is 5.60. The van der Waals surface area contributed by atoms with E-state index in [1.807, 2.05) is 19.1 Å². The van der Waals surface area contributed by atoms with Crippen molar-refractivity contribution < 1.29 is 4.74 Å². The Labute approximate surface area is 163 Å². The van der Waals surface area contributed by atoms with E-state index in [4.69, 9.17) is 16.3 Å². The smallest absolute Gasteiger partial charge is 0.189 e. The largest absolute Gasteiger partial charge is 0.485 e. The van der Waals surface area contributed by atoms with Crippen molar-refractivity contribution >= 4 is 49.0 Å². The predicted molar refractivity (Wildman–Crippen MR) is 107 cm³/mol. The summed E-state index contributed by atoms with van der Waals surface area (Å²) in [6.45, 7) is 4.34. The molecule has 0 bridgehead atoms. The molecule has 4 aromatic heterocycles. The molecule has 0 saturated carbocycles. The molecular formula is C19H14ClN5OS. The standard InChI is InChI=1S/C19H14ClN5OS/c1-10-6-11(2)22-19-15(10)16-17(27-19)18-23-14(24-25(18)9-21-16)8-26-13-5-3-4-12(20)7-13/h3-7,9H,8H2,1-2H3. The van der Waals surface area contributed by atoms with Gasteiger partial charge >= 0.3 is 0 Å². The molecule has 0 fully saturated rings. The minimum absolute atomic E-state index is 0.255. The lowest BCUT2D eigenvalue weighted by Crippen LogP contribution is -1.98. The van der Waals surface area contributed by atoms with Crippen molar-refractivity contribution in [3.63, 3.8) is 0 Å². The van der Waals surface area contributed by atoms with Crippen LogP contribution in [-0.2, 0) is 6.61 Å². The molecule has 0 aliphatic rings. The first-order valence-corrected chi connectivity index (χ1v) is 9.57. The Bertz CT molecular complexity index is 1330. The van der Waals surface area contributed by atoms with Gasteiger partial charge in [-0.15, -0.1) is 16.4 Å². The molecular weight excluding hydrogens is 382 g/mol. The quantitative estimate of drug-likeness (QED) is 0.441. The van der Waals surface area contributed by atoms with Gasteiger partial charge < -0.3 is 4.74 Å². The summed E-state index contributed by atoms with van der Waals surface area (Å²) in [5.74, 6) is 1.27. The molecule has 0 spiro atoms. The lowest BCUT2D eigenvalue weighted by atomic mass is 10.1. The molecule has 5 aromatic rings. The van der Waals surface area contributed by atoms with Gasteiger partial charge in [-0.3, -0.25) is 0 Å². The van der Waals surface area contributed by atoms with E-state index in [1.54, 1.807) is 34.3 Å². The highest BCUT2D eigenvalue weighted by Crippen LogP contribution is 2.35. The zero-order chi connectivity index (χ0) is 18.5. The molecule has 0 amide bonds. The van der Waals surface area contributed by atoms with Crippen molar-refractivity contribution in [2.45, 2.75) is 20.5 Å². The molecule has 0 atom stereocenters. The second-order valence-electron chi connectivity index (χ2n) is 6.33. The number of rotatable bonds is 3. The molecule has 4 heterocycles. The van der Waals surface area contributed by atoms with E-state index in [2.05, 4.69) is 33.0 Å². The fourth-order valence-corrected chi connectivity index (χ4v) is 4.58. The first-order valence-electron chi connectivity index (χ1n) is 8.37. The first-order chi connectivity index (χ1) is 13.1. The molecule has 0 unspecified atom stereocenters. The maximum absolute atomic E-state index is 5.99. The van der Waals surface area contributed by atoms with Crippen LogP contribution in [0.5, 0.6) is 5.75 Å². The van der Waals surface area contributed by atoms with Crippen molar-refractivity contribution in [2.24, 2.45) is 0 Å². The van der Waals surface area contributed by atoms with Gasteiger partial charge in [-0.2, -0.15) is 0 Å². The third-order valence-electron chi connectivity index (χ3n) is 4.30. The molecule has 0 radical (unpaired) electrons. The number of pyridine rings is 1. The van der Waals surface area contributed by atoms with E-state index in [9.17, 15) is 0 Å². The number of halogens is 1. The van der Waals surface area contributed by atoms with Crippen molar-refractivity contribution in [3.05, 3.63) is 58.8 Å². The van der Waals surface area contributed by atoms with Gasteiger partial charge in [0, 0.05) is 16.1 Å². The molecule has 6 nitrogen and oxygen atoms in total. The molecule has 0 saturated heterocycles. The summed E-state index contributed by atoms with van der Waals surface area (Å²) in [5, 5.41) is 6.20. The summed E-state index contributed by atoms with van der Waals surface area (Å²) >= 11 is 7.58. The second-order valence-corrected chi connectivity index (χ2v) is 7.76. The molecule has 27 heavy (non-hydrogen) atoms. The van der Waals surface area contributed by atoms with Crippen LogP contribution in [0.3, 0.4) is 0 Å². The van der Waals surface area contributed by atoms with Gasteiger partial charge in [0.15, 0.2) is 11.5 Å². The number of hydrogen-bond acceptors (Lipinski definition) is 6. The third kappa shape index (κ3) is 2.79. The molecule has 0 aliphatic heterocycles. The van der Waals surface area contributed by atoms with Crippen molar-refractivity contribution in [2.75, 3.05) is 0 Å². The number of benzene rings is 1. The van der Waals surface area contributed by atoms with Crippen LogP contribution in [0.25, 0.3) is 26.1 Å². The predicted octanol–water partition coefficient (Wildman–Crippen LogP) is 4.74. The molecule has 0 N–H and O–H groups in total. The van der Waals surface area contributed by atoms with Crippen LogP contribution in [0.1, 0.15) is 17.1 Å². The van der Waals surface area contributed by atoms with E-state index < -0.39 is 0 Å². The van der Waals surface area contributed by atoms with Crippen LogP contribution >= 0.6 is 22.9 Å². The number of nitrogens with zero attached hydrogens (tertiary/aromatic N) is 5. The van der Waals surface area contributed by atoms with E-state index in [-0.39, 0.29) is 6.61 Å². The van der Waals surface area contributed by atoms with Crippen LogP contribution in [0.2, 0.25) is 5.02 Å². The topological polar surface area (TPSA) is 65.2 Å². The monoisotopic (exact) mass is 395 g/mol. The Morgan fingerprint density at radius 2 is 2.07 bits per heavy atom. The highest BCUT2D eigenvalue weighted by Gasteiger charge is 2.16. The highest BCUT2D eigenvalue weighted by molar-refractivity contribution is 7.26. The van der Waals surface area contributed by atoms with Crippen molar-refractivity contribution in [1.29, 1.82) is 0 Å². The summed E-state index contributed by atoms with van der Waals surface area (Å²) in [7, 11) is 0. The van der Waals surface area contributed by atoms with Crippen LogP contribution < -0.4 is 4.74 Å². The number of fused-ring (bicyclic) bond motifs is 5. The maximum atomic E-state index is 5.99. The first kappa shape index (κ1) is 16.4. The van der Waals surface area contributed by atoms with Gasteiger partial charge in [-0.1, -0.05) is 17.7 Å². The Morgan fingerprint density at radius 1 is 1.19 bits per heavy atom. The highest BCUT2D eigenvalue weighted by atomic mass is 35.5. The van der Waals surface area contributed by atoms with Gasteiger partial charge in [0.25, 0.3) is 0 Å². The zero-order valence-electron chi connectivity index (χ0n) is 14.6. The Balaban J connectivity index is 1.58. The number of hydrogen-bond donors (Lipinski definition) is 0. The minimum atomic E-state index is 0.255. The summed E-state index contributed by atoms with van der Waals surface area (Å²) < 4.78 is 8.43. The van der Waals surface area contributed by atoms with Crippen LogP contribution in [0, 0.1) is 13.8 Å². The average Bonchev–Trinajstić information content (AvgIpc) is 3.20. The molecule has 1 aromatic carbocycles. The molecule has 8 heteroatoms. The second kappa shape index (κ2) is 6.14. The van der Waals surface area contributed by atoms with Crippen molar-refractivity contribution in [1.82, 2.24) is 24.6 Å². The van der Waals surface area contributed by atoms with Crippen LogP contribution in [-0.4, -0.2) is 24.6 Å². The summed E-state index contributed by atoms with van der Waals surface area (Å²) in [5.41, 5.74) is 3.86. The van der Waals surface area contributed by atoms with E-state index in [1.165, 1.54) is 5.56 Å². The van der Waals surface area contributed by atoms with E-state index in [0.717, 1.165) is 31.8 Å². The fraction of sp³-hybridized carbons (Fsp3) is 0.158. The molecule has 0 aliphatic carbocycles. The van der Waals surface area contributed by atoms with Gasteiger partial charge in [-0.25, -0.2) is 19.5 Å². The van der Waals surface area contributed by atoms with Crippen LogP contribution in [0.4, 0.5) is 0 Å². The number of ether oxygens (including phenoxy) is 1. The fourth-order valence-electron chi connectivity index (χ4n) is 3.18. The van der Waals surface area contributed by atoms with E-state index in [0.29, 0.717) is 16.6 Å². The summed E-state index contributed by atoms with van der Waals surface area (Å²) in [6.07, 6.45) is 1.69. The number of aromatic nitrogens is 5. The normalized spacial score (nSPS) is 11.7. The maximum Gasteiger partial charge on any atom is 0.189 e. The molecule has 134 valence electrons. The Morgan fingerprint density at radius 3 is 2.93 bits per heavy atom. The summed E-state index contributed by atoms with van der Waals surface area (Å²) in [6, 6.07) is 9.34. The zero-order valence-corrected chi connectivity index (χ0v) is 16.2. The van der Waals surface area contributed by atoms with Gasteiger partial charge in [-0.05, 0) is 43.7 Å².